The minimum atomic E-state index is -0.544. The van der Waals surface area contributed by atoms with Crippen molar-refractivity contribution in [1.82, 2.24) is 4.90 Å². The molecule has 0 bridgehead atoms. The van der Waals surface area contributed by atoms with Gasteiger partial charge < -0.3 is 15.2 Å². The summed E-state index contributed by atoms with van der Waals surface area (Å²) in [5.74, 6) is -1.57. The Hall–Kier alpha value is -2.67. The Labute approximate surface area is 127 Å². The van der Waals surface area contributed by atoms with Gasteiger partial charge in [0.1, 0.15) is 5.70 Å². The van der Waals surface area contributed by atoms with Crippen LogP contribution in [-0.2, 0) is 14.3 Å². The molecular weight excluding hydrogens is 288 g/mol. The molecule has 0 radical (unpaired) electrons. The maximum absolute atomic E-state index is 12.1. The summed E-state index contributed by atoms with van der Waals surface area (Å²) in [6.07, 6.45) is 1.14. The van der Waals surface area contributed by atoms with Crippen molar-refractivity contribution in [2.24, 2.45) is 0 Å². The van der Waals surface area contributed by atoms with E-state index in [0.29, 0.717) is 5.69 Å². The highest BCUT2D eigenvalue weighted by Crippen LogP contribution is 2.21. The smallest absolute Gasteiger partial charge is 0.340 e. The zero-order valence-corrected chi connectivity index (χ0v) is 12.0. The molecule has 22 heavy (non-hydrogen) atoms. The number of amides is 2. The van der Waals surface area contributed by atoms with Crippen LogP contribution in [0.4, 0.5) is 5.69 Å². The molecule has 7 heteroatoms. The molecule has 116 valence electrons. The molecule has 0 fully saturated rings. The van der Waals surface area contributed by atoms with Crippen molar-refractivity contribution in [2.75, 3.05) is 25.1 Å². The number of hydrogen-bond donors (Lipinski definition) is 2. The van der Waals surface area contributed by atoms with Crippen molar-refractivity contribution >= 4 is 23.5 Å². The van der Waals surface area contributed by atoms with Gasteiger partial charge in [-0.3, -0.25) is 14.5 Å². The van der Waals surface area contributed by atoms with Crippen LogP contribution < -0.4 is 5.32 Å². The van der Waals surface area contributed by atoms with Crippen LogP contribution in [0.1, 0.15) is 17.3 Å². The number of carbonyl (C=O) groups is 3. The molecule has 0 atom stereocenters. The zero-order chi connectivity index (χ0) is 16.1. The number of nitrogens with zero attached hydrogens (tertiary/aromatic N) is 1. The fraction of sp³-hybridized carbons (Fsp3) is 0.267. The van der Waals surface area contributed by atoms with Gasteiger partial charge in [0, 0.05) is 6.08 Å². The fourth-order valence-electron chi connectivity index (χ4n) is 2.03. The normalized spacial score (nSPS) is 14.1. The second-order valence-electron chi connectivity index (χ2n) is 4.47. The van der Waals surface area contributed by atoms with Crippen molar-refractivity contribution in [3.63, 3.8) is 0 Å². The number of imide groups is 1. The topological polar surface area (TPSA) is 95.9 Å². The number of rotatable bonds is 6. The van der Waals surface area contributed by atoms with Gasteiger partial charge in [-0.1, -0.05) is 12.1 Å². The molecule has 0 saturated heterocycles. The van der Waals surface area contributed by atoms with Crippen LogP contribution in [0, 0.1) is 0 Å². The molecule has 0 spiro atoms. The number of esters is 1. The second-order valence-corrected chi connectivity index (χ2v) is 4.47. The van der Waals surface area contributed by atoms with Crippen molar-refractivity contribution in [3.05, 3.63) is 41.6 Å². The lowest BCUT2D eigenvalue weighted by Crippen LogP contribution is -2.34. The third-order valence-corrected chi connectivity index (χ3v) is 3.02. The first-order valence-corrected chi connectivity index (χ1v) is 6.80. The van der Waals surface area contributed by atoms with Crippen molar-refractivity contribution in [3.8, 4) is 0 Å². The van der Waals surface area contributed by atoms with Crippen LogP contribution in [0.25, 0.3) is 0 Å². The van der Waals surface area contributed by atoms with E-state index in [0.717, 1.165) is 11.0 Å². The second kappa shape index (κ2) is 6.86. The van der Waals surface area contributed by atoms with Crippen molar-refractivity contribution in [2.45, 2.75) is 6.92 Å². The van der Waals surface area contributed by atoms with E-state index < -0.39 is 17.8 Å². The van der Waals surface area contributed by atoms with Gasteiger partial charge in [-0.2, -0.15) is 0 Å². The van der Waals surface area contributed by atoms with E-state index in [1.165, 1.54) is 0 Å². The Morgan fingerprint density at radius 3 is 2.73 bits per heavy atom. The fourth-order valence-corrected chi connectivity index (χ4v) is 2.03. The summed E-state index contributed by atoms with van der Waals surface area (Å²) >= 11 is 0. The maximum Gasteiger partial charge on any atom is 0.340 e. The number of para-hydroxylation sites is 1. The Morgan fingerprint density at radius 1 is 1.32 bits per heavy atom. The van der Waals surface area contributed by atoms with Crippen LogP contribution in [0.2, 0.25) is 0 Å². The lowest BCUT2D eigenvalue weighted by atomic mass is 10.1. The molecule has 1 heterocycles. The monoisotopic (exact) mass is 304 g/mol. The number of aliphatic hydroxyl groups excluding tert-OH is 1. The van der Waals surface area contributed by atoms with Gasteiger partial charge in [0.05, 0.1) is 31.0 Å². The molecule has 0 aliphatic carbocycles. The lowest BCUT2D eigenvalue weighted by Gasteiger charge is -2.14. The van der Waals surface area contributed by atoms with Crippen LogP contribution in [-0.4, -0.2) is 47.5 Å². The van der Waals surface area contributed by atoms with E-state index in [4.69, 9.17) is 9.84 Å². The molecule has 2 rings (SSSR count). The number of carbonyl (C=O) groups excluding carboxylic acids is 3. The van der Waals surface area contributed by atoms with Gasteiger partial charge in [-0.05, 0) is 19.1 Å². The number of aliphatic hydroxyl groups is 1. The summed E-state index contributed by atoms with van der Waals surface area (Å²) in [4.78, 5) is 36.5. The molecule has 1 aromatic carbocycles. The van der Waals surface area contributed by atoms with Gasteiger partial charge in [0.15, 0.2) is 0 Å². The third-order valence-electron chi connectivity index (χ3n) is 3.02. The molecule has 2 N–H and O–H groups in total. The standard InChI is InChI=1S/C15H16N2O5/c1-2-22-15(21)10-5-3-4-6-11(10)16-12-9-13(19)17(7-8-18)14(12)20/h3-6,9,16,18H,2,7-8H2,1H3. The largest absolute Gasteiger partial charge is 0.462 e. The highest BCUT2D eigenvalue weighted by molar-refractivity contribution is 6.17. The van der Waals surface area contributed by atoms with E-state index in [9.17, 15) is 14.4 Å². The molecule has 1 aromatic rings. The molecule has 1 aliphatic rings. The Morgan fingerprint density at radius 2 is 2.05 bits per heavy atom. The number of benzene rings is 1. The molecule has 2 amide bonds. The predicted octanol–water partition coefficient (Wildman–Crippen LogP) is 0.520. The van der Waals surface area contributed by atoms with E-state index in [2.05, 4.69) is 5.32 Å². The summed E-state index contributed by atoms with van der Waals surface area (Å²) in [6, 6.07) is 6.54. The first-order valence-electron chi connectivity index (χ1n) is 6.80. The molecule has 1 aliphatic heterocycles. The summed E-state index contributed by atoms with van der Waals surface area (Å²) in [7, 11) is 0. The Kier molecular flexibility index (Phi) is 4.90. The maximum atomic E-state index is 12.1. The average Bonchev–Trinajstić information content (AvgIpc) is 2.76. The molecular formula is C15H16N2O5. The first kappa shape index (κ1) is 15.7. The predicted molar refractivity (Wildman–Crippen MR) is 77.9 cm³/mol. The number of nitrogens with one attached hydrogen (secondary N) is 1. The highest BCUT2D eigenvalue weighted by atomic mass is 16.5. The summed E-state index contributed by atoms with van der Waals surface area (Å²) in [5, 5.41) is 11.6. The van der Waals surface area contributed by atoms with Crippen LogP contribution in [0.5, 0.6) is 0 Å². The van der Waals surface area contributed by atoms with Crippen molar-refractivity contribution < 1.29 is 24.2 Å². The van der Waals surface area contributed by atoms with E-state index >= 15 is 0 Å². The minimum absolute atomic E-state index is 0.0511. The summed E-state index contributed by atoms with van der Waals surface area (Å²) in [5.41, 5.74) is 0.695. The number of β-amino-alcohol motifs (C(OH)–C–C–N with tert-alkyl or cyclic N) is 1. The Bertz CT molecular complexity index is 639. The zero-order valence-electron chi connectivity index (χ0n) is 12.0. The molecule has 7 nitrogen and oxygen atoms in total. The van der Waals surface area contributed by atoms with E-state index in [1.54, 1.807) is 31.2 Å². The van der Waals surface area contributed by atoms with Gasteiger partial charge in [-0.15, -0.1) is 0 Å². The molecule has 0 saturated carbocycles. The quantitative estimate of drug-likeness (QED) is 0.587. The van der Waals surface area contributed by atoms with Gasteiger partial charge in [-0.25, -0.2) is 4.79 Å². The highest BCUT2D eigenvalue weighted by Gasteiger charge is 2.31. The van der Waals surface area contributed by atoms with E-state index in [-0.39, 0.29) is 31.0 Å². The summed E-state index contributed by atoms with van der Waals surface area (Å²) < 4.78 is 4.95. The van der Waals surface area contributed by atoms with Gasteiger partial charge in [0.2, 0.25) is 0 Å². The number of anilines is 1. The average molecular weight is 304 g/mol. The number of ether oxygens (including phenoxy) is 1. The SMILES string of the molecule is CCOC(=O)c1ccccc1NC1=CC(=O)N(CCO)C1=O. The first-order chi connectivity index (χ1) is 10.6. The van der Waals surface area contributed by atoms with Gasteiger partial charge >= 0.3 is 5.97 Å². The van der Waals surface area contributed by atoms with Crippen LogP contribution in [0.3, 0.4) is 0 Å². The third kappa shape index (κ3) is 3.15. The summed E-state index contributed by atoms with van der Waals surface area (Å²) in [6.45, 7) is 1.55. The minimum Gasteiger partial charge on any atom is -0.462 e. The molecule has 0 aromatic heterocycles. The van der Waals surface area contributed by atoms with Crippen molar-refractivity contribution in [1.29, 1.82) is 0 Å². The van der Waals surface area contributed by atoms with Crippen LogP contribution >= 0.6 is 0 Å². The Balaban J connectivity index is 2.22. The van der Waals surface area contributed by atoms with E-state index in [1.807, 2.05) is 0 Å². The van der Waals surface area contributed by atoms with Gasteiger partial charge in [0.25, 0.3) is 11.8 Å². The number of hydrogen-bond acceptors (Lipinski definition) is 6. The lowest BCUT2D eigenvalue weighted by molar-refractivity contribution is -0.137. The molecule has 0 unspecified atom stereocenters. The van der Waals surface area contributed by atoms with Crippen LogP contribution in [0.15, 0.2) is 36.0 Å².